The van der Waals surface area contributed by atoms with Crippen LogP contribution in [0.5, 0.6) is 5.75 Å². The first-order chi connectivity index (χ1) is 13.9. The van der Waals surface area contributed by atoms with E-state index in [1.54, 1.807) is 0 Å². The second-order valence-corrected chi connectivity index (χ2v) is 8.95. The first-order valence-corrected chi connectivity index (χ1v) is 11.1. The number of hydrogen-bond acceptors (Lipinski definition) is 5. The first-order valence-electron chi connectivity index (χ1n) is 9.60. The molecule has 0 saturated heterocycles. The number of hydrazone groups is 1. The third-order valence-corrected chi connectivity index (χ3v) is 6.42. The molecule has 0 unspecified atom stereocenters. The van der Waals surface area contributed by atoms with Gasteiger partial charge >= 0.3 is 0 Å². The second-order valence-electron chi connectivity index (χ2n) is 7.18. The Morgan fingerprint density at radius 1 is 1.17 bits per heavy atom. The summed E-state index contributed by atoms with van der Waals surface area (Å²) in [6.45, 7) is 2.18. The fourth-order valence-corrected chi connectivity index (χ4v) is 4.28. The van der Waals surface area contributed by atoms with Gasteiger partial charge < -0.3 is 5.11 Å². The van der Waals surface area contributed by atoms with Gasteiger partial charge in [0.1, 0.15) is 5.75 Å². The summed E-state index contributed by atoms with van der Waals surface area (Å²) in [5.41, 5.74) is 4.04. The molecular formula is C21H25N3O4S. The molecule has 2 aromatic carbocycles. The molecule has 29 heavy (non-hydrogen) atoms. The van der Waals surface area contributed by atoms with Crippen molar-refractivity contribution in [1.29, 1.82) is 0 Å². The minimum Gasteiger partial charge on any atom is -0.507 e. The number of phenols is 1. The standard InChI is InChI=1S/C21H25N3O4S/c1-15-7-5-6-10-19(15)23-24-21(26)18-13-17(11-12-20(18)25)29(27,28)22-14-16-8-3-2-4-9-16/h2-4,8-9,11-13,15,22,25H,5-7,10,14H2,1H3,(H,24,26)/b23-19-/t15-/m0/s1. The van der Waals surface area contributed by atoms with Gasteiger partial charge in [-0.15, -0.1) is 0 Å². The molecule has 1 saturated carbocycles. The molecule has 3 rings (SSSR count). The Morgan fingerprint density at radius 3 is 2.66 bits per heavy atom. The van der Waals surface area contributed by atoms with Crippen molar-refractivity contribution in [2.24, 2.45) is 11.0 Å². The summed E-state index contributed by atoms with van der Waals surface area (Å²) in [5, 5.41) is 14.2. The number of amides is 1. The Kier molecular flexibility index (Phi) is 6.66. The smallest absolute Gasteiger partial charge is 0.275 e. The fourth-order valence-electron chi connectivity index (χ4n) is 3.24. The summed E-state index contributed by atoms with van der Waals surface area (Å²) >= 11 is 0. The molecule has 0 aromatic heterocycles. The van der Waals surface area contributed by atoms with Gasteiger partial charge in [-0.2, -0.15) is 5.10 Å². The van der Waals surface area contributed by atoms with Crippen LogP contribution in [-0.4, -0.2) is 25.1 Å². The highest BCUT2D eigenvalue weighted by Gasteiger charge is 2.20. The molecule has 0 radical (unpaired) electrons. The zero-order chi connectivity index (χ0) is 20.9. The monoisotopic (exact) mass is 415 g/mol. The third-order valence-electron chi connectivity index (χ3n) is 5.02. The van der Waals surface area contributed by atoms with Crippen LogP contribution < -0.4 is 10.1 Å². The van der Waals surface area contributed by atoms with E-state index < -0.39 is 15.9 Å². The lowest BCUT2D eigenvalue weighted by atomic mass is 9.89. The lowest BCUT2D eigenvalue weighted by Crippen LogP contribution is -2.25. The van der Waals surface area contributed by atoms with E-state index in [-0.39, 0.29) is 22.8 Å². The Morgan fingerprint density at radius 2 is 1.93 bits per heavy atom. The number of rotatable bonds is 6. The molecule has 0 aliphatic heterocycles. The topological polar surface area (TPSA) is 108 Å². The summed E-state index contributed by atoms with van der Waals surface area (Å²) in [6, 6.07) is 12.7. The van der Waals surface area contributed by atoms with Crippen LogP contribution in [0.3, 0.4) is 0 Å². The van der Waals surface area contributed by atoms with Crippen LogP contribution in [0.25, 0.3) is 0 Å². The number of hydrogen-bond donors (Lipinski definition) is 3. The Labute approximate surface area is 170 Å². The Bertz CT molecular complexity index is 1000. The van der Waals surface area contributed by atoms with Crippen LogP contribution in [0.15, 0.2) is 58.5 Å². The number of sulfonamides is 1. The van der Waals surface area contributed by atoms with Gasteiger partial charge in [0, 0.05) is 12.3 Å². The van der Waals surface area contributed by atoms with E-state index in [4.69, 9.17) is 0 Å². The summed E-state index contributed by atoms with van der Waals surface area (Å²) in [6.07, 6.45) is 4.03. The number of phenolic OH excluding ortho intramolecular Hbond substituents is 1. The van der Waals surface area contributed by atoms with Crippen LogP contribution in [-0.2, 0) is 16.6 Å². The van der Waals surface area contributed by atoms with Gasteiger partial charge in [0.15, 0.2) is 0 Å². The highest BCUT2D eigenvalue weighted by atomic mass is 32.2. The number of aromatic hydroxyl groups is 1. The van der Waals surface area contributed by atoms with Crippen molar-refractivity contribution < 1.29 is 18.3 Å². The van der Waals surface area contributed by atoms with Crippen molar-refractivity contribution in [3.63, 3.8) is 0 Å². The quantitative estimate of drug-likeness (QED) is 0.630. The average Bonchev–Trinajstić information content (AvgIpc) is 2.72. The van der Waals surface area contributed by atoms with Crippen LogP contribution in [0.2, 0.25) is 0 Å². The molecule has 0 bridgehead atoms. The number of benzene rings is 2. The van der Waals surface area contributed by atoms with Crippen molar-refractivity contribution in [3.8, 4) is 5.75 Å². The zero-order valence-corrected chi connectivity index (χ0v) is 17.1. The van der Waals surface area contributed by atoms with E-state index in [1.807, 2.05) is 30.3 Å². The predicted molar refractivity (Wildman–Crippen MR) is 111 cm³/mol. The molecular weight excluding hydrogens is 390 g/mol. The molecule has 1 fully saturated rings. The number of carbonyl (C=O) groups is 1. The normalized spacial score (nSPS) is 18.5. The molecule has 1 aliphatic carbocycles. The molecule has 3 N–H and O–H groups in total. The molecule has 1 aliphatic rings. The minimum atomic E-state index is -3.85. The van der Waals surface area contributed by atoms with E-state index in [2.05, 4.69) is 22.2 Å². The van der Waals surface area contributed by atoms with Gasteiger partial charge in [0.05, 0.1) is 10.5 Å². The van der Waals surface area contributed by atoms with Crippen LogP contribution in [0.1, 0.15) is 48.5 Å². The number of nitrogens with zero attached hydrogens (tertiary/aromatic N) is 1. The van der Waals surface area contributed by atoms with Crippen LogP contribution >= 0.6 is 0 Å². The number of carbonyl (C=O) groups excluding carboxylic acids is 1. The van der Waals surface area contributed by atoms with Gasteiger partial charge in [-0.05, 0) is 48.9 Å². The molecule has 0 spiro atoms. The number of nitrogens with one attached hydrogen (secondary N) is 2. The van der Waals surface area contributed by atoms with Gasteiger partial charge in [-0.3, -0.25) is 4.79 Å². The summed E-state index contributed by atoms with van der Waals surface area (Å²) in [4.78, 5) is 12.4. The maximum absolute atomic E-state index is 12.6. The first kappa shape index (κ1) is 21.0. The second kappa shape index (κ2) is 9.19. The molecule has 1 atom stereocenters. The molecule has 0 heterocycles. The maximum atomic E-state index is 12.6. The van der Waals surface area contributed by atoms with E-state index >= 15 is 0 Å². The molecule has 154 valence electrons. The molecule has 1 amide bonds. The summed E-state index contributed by atoms with van der Waals surface area (Å²) < 4.78 is 27.7. The molecule has 2 aromatic rings. The maximum Gasteiger partial charge on any atom is 0.275 e. The Hall–Kier alpha value is -2.71. The van der Waals surface area contributed by atoms with Crippen LogP contribution in [0, 0.1) is 5.92 Å². The predicted octanol–water partition coefficient (Wildman–Crippen LogP) is 3.17. The van der Waals surface area contributed by atoms with Gasteiger partial charge in [-0.1, -0.05) is 43.7 Å². The van der Waals surface area contributed by atoms with Crippen molar-refractivity contribution in [2.75, 3.05) is 0 Å². The van der Waals surface area contributed by atoms with Crippen LogP contribution in [0.4, 0.5) is 0 Å². The van der Waals surface area contributed by atoms with Crippen molar-refractivity contribution >= 4 is 21.6 Å². The van der Waals surface area contributed by atoms with Gasteiger partial charge in [0.25, 0.3) is 5.91 Å². The van der Waals surface area contributed by atoms with Crippen molar-refractivity contribution in [2.45, 2.75) is 44.0 Å². The van der Waals surface area contributed by atoms with Gasteiger partial charge in [-0.25, -0.2) is 18.6 Å². The van der Waals surface area contributed by atoms with E-state index in [0.717, 1.165) is 43.0 Å². The summed E-state index contributed by atoms with van der Waals surface area (Å²) in [5.74, 6) is -0.652. The van der Waals surface area contributed by atoms with E-state index in [9.17, 15) is 18.3 Å². The Balaban J connectivity index is 1.74. The molecule has 8 heteroatoms. The lowest BCUT2D eigenvalue weighted by Gasteiger charge is -2.19. The van der Waals surface area contributed by atoms with Crippen molar-refractivity contribution in [1.82, 2.24) is 10.1 Å². The van der Waals surface area contributed by atoms with Gasteiger partial charge in [0.2, 0.25) is 10.0 Å². The molecule has 7 nitrogen and oxygen atoms in total. The largest absolute Gasteiger partial charge is 0.507 e. The summed E-state index contributed by atoms with van der Waals surface area (Å²) in [7, 11) is -3.85. The van der Waals surface area contributed by atoms with Crippen molar-refractivity contribution in [3.05, 3.63) is 59.7 Å². The zero-order valence-electron chi connectivity index (χ0n) is 16.3. The van der Waals surface area contributed by atoms with E-state index in [1.165, 1.54) is 12.1 Å². The SMILES string of the molecule is C[C@H]1CCCC/C1=N/NC(=O)c1cc(S(=O)(=O)NCc2ccccc2)ccc1O. The highest BCUT2D eigenvalue weighted by molar-refractivity contribution is 7.89. The third kappa shape index (κ3) is 5.42. The fraction of sp³-hybridized carbons (Fsp3) is 0.333. The average molecular weight is 416 g/mol. The minimum absolute atomic E-state index is 0.102. The highest BCUT2D eigenvalue weighted by Crippen LogP contribution is 2.23. The lowest BCUT2D eigenvalue weighted by molar-refractivity contribution is 0.0951. The van der Waals surface area contributed by atoms with E-state index in [0.29, 0.717) is 5.92 Å².